The van der Waals surface area contributed by atoms with E-state index in [0.717, 1.165) is 18.5 Å². The maximum absolute atomic E-state index is 4.34. The first-order valence-corrected chi connectivity index (χ1v) is 8.58. The Morgan fingerprint density at radius 3 is 3.00 bits per heavy atom. The highest BCUT2D eigenvalue weighted by atomic mass is 32.1. The minimum atomic E-state index is 0.706. The molecule has 2 heterocycles. The van der Waals surface area contributed by atoms with E-state index in [9.17, 15) is 0 Å². The fraction of sp³-hybridized carbons (Fsp3) is 0.800. The molecule has 1 aliphatic heterocycles. The van der Waals surface area contributed by atoms with Crippen molar-refractivity contribution in [3.05, 3.63) is 16.1 Å². The van der Waals surface area contributed by atoms with Crippen molar-refractivity contribution in [2.45, 2.75) is 64.1 Å². The molecule has 1 aromatic heterocycles. The van der Waals surface area contributed by atoms with E-state index in [1.54, 1.807) is 11.3 Å². The van der Waals surface area contributed by atoms with E-state index < -0.39 is 0 Å². The van der Waals surface area contributed by atoms with E-state index in [1.165, 1.54) is 55.6 Å². The summed E-state index contributed by atoms with van der Waals surface area (Å²) in [5, 5.41) is 7.55. The first-order chi connectivity index (χ1) is 9.34. The van der Waals surface area contributed by atoms with Crippen LogP contribution in [-0.4, -0.2) is 23.6 Å². The predicted octanol–water partition coefficient (Wildman–Crippen LogP) is 2.85. The Morgan fingerprint density at radius 2 is 2.26 bits per heavy atom. The van der Waals surface area contributed by atoms with Crippen LogP contribution in [0.1, 0.15) is 49.1 Å². The number of thiazole rings is 1. The van der Waals surface area contributed by atoms with Crippen molar-refractivity contribution in [2.75, 3.05) is 6.54 Å². The summed E-state index contributed by atoms with van der Waals surface area (Å²) in [6.45, 7) is 4.34. The summed E-state index contributed by atoms with van der Waals surface area (Å²) < 4.78 is 0. The first-order valence-electron chi connectivity index (χ1n) is 7.70. The quantitative estimate of drug-likeness (QED) is 0.890. The third-order valence-corrected chi connectivity index (χ3v) is 5.74. The fourth-order valence-corrected chi connectivity index (χ4v) is 4.42. The van der Waals surface area contributed by atoms with Gasteiger partial charge in [0.05, 0.1) is 11.2 Å². The summed E-state index contributed by atoms with van der Waals surface area (Å²) in [5.41, 5.74) is 3.16. The molecule has 3 nitrogen and oxygen atoms in total. The molecule has 2 aliphatic rings. The number of nitrogens with one attached hydrogen (secondary N) is 2. The molecule has 1 aromatic rings. The molecular formula is C15H25N3S. The fourth-order valence-electron chi connectivity index (χ4n) is 3.69. The summed E-state index contributed by atoms with van der Waals surface area (Å²) in [6.07, 6.45) is 8.29. The van der Waals surface area contributed by atoms with Crippen molar-refractivity contribution in [1.82, 2.24) is 15.6 Å². The molecule has 1 aliphatic carbocycles. The average Bonchev–Trinajstić information content (AvgIpc) is 3.06. The minimum Gasteiger partial charge on any atom is -0.314 e. The van der Waals surface area contributed by atoms with Crippen LogP contribution in [0.25, 0.3) is 0 Å². The van der Waals surface area contributed by atoms with Gasteiger partial charge in [0.15, 0.2) is 0 Å². The lowest BCUT2D eigenvalue weighted by atomic mass is 9.88. The highest BCUT2D eigenvalue weighted by molar-refractivity contribution is 7.09. The Hall–Kier alpha value is -0.450. The number of hydrogen-bond donors (Lipinski definition) is 2. The smallest absolute Gasteiger partial charge is 0.0798 e. The Balaban J connectivity index is 1.55. The molecule has 0 aromatic carbocycles. The zero-order valence-corrected chi connectivity index (χ0v) is 12.6. The van der Waals surface area contributed by atoms with Gasteiger partial charge in [0.2, 0.25) is 0 Å². The molecule has 3 rings (SSSR count). The first kappa shape index (κ1) is 13.5. The zero-order valence-electron chi connectivity index (χ0n) is 11.8. The van der Waals surface area contributed by atoms with Crippen LogP contribution in [-0.2, 0) is 6.54 Å². The Bertz CT molecular complexity index is 398. The predicted molar refractivity (Wildman–Crippen MR) is 80.5 cm³/mol. The third kappa shape index (κ3) is 3.18. The number of nitrogens with zero attached hydrogens (tertiary/aromatic N) is 1. The molecule has 3 atom stereocenters. The molecule has 0 bridgehead atoms. The van der Waals surface area contributed by atoms with E-state index in [1.807, 2.05) is 5.51 Å². The number of rotatable bonds is 4. The molecule has 2 N–H and O–H groups in total. The maximum Gasteiger partial charge on any atom is 0.0798 e. The van der Waals surface area contributed by atoms with Gasteiger partial charge in [-0.2, -0.15) is 0 Å². The van der Waals surface area contributed by atoms with Crippen LogP contribution in [0.4, 0.5) is 0 Å². The van der Waals surface area contributed by atoms with Gasteiger partial charge >= 0.3 is 0 Å². The second-order valence-electron chi connectivity index (χ2n) is 6.00. The molecule has 19 heavy (non-hydrogen) atoms. The van der Waals surface area contributed by atoms with Crippen molar-refractivity contribution in [3.63, 3.8) is 0 Å². The zero-order chi connectivity index (χ0) is 13.1. The molecule has 0 radical (unpaired) electrons. The standard InChI is InChI=1S/C15H25N3S/c1-11-15(19-10-18-11)9-17-14-7-4-5-12(14)13-6-2-3-8-16-13/h10,12-14,16-17H,2-9H2,1H3. The summed E-state index contributed by atoms with van der Waals surface area (Å²) in [6, 6.07) is 1.47. The van der Waals surface area contributed by atoms with Crippen molar-refractivity contribution in [3.8, 4) is 0 Å². The SMILES string of the molecule is Cc1ncsc1CNC1CCCC1C1CCCCN1. The highest BCUT2D eigenvalue weighted by Gasteiger charge is 2.33. The summed E-state index contributed by atoms with van der Waals surface area (Å²) in [7, 11) is 0. The van der Waals surface area contributed by atoms with Gasteiger partial charge in [0.1, 0.15) is 0 Å². The normalized spacial score (nSPS) is 31.7. The van der Waals surface area contributed by atoms with Crippen molar-refractivity contribution < 1.29 is 0 Å². The van der Waals surface area contributed by atoms with E-state index in [-0.39, 0.29) is 0 Å². The molecule has 1 saturated carbocycles. The van der Waals surface area contributed by atoms with Crippen molar-refractivity contribution >= 4 is 11.3 Å². The second kappa shape index (κ2) is 6.33. The Labute approximate surface area is 120 Å². The van der Waals surface area contributed by atoms with Crippen LogP contribution in [0.3, 0.4) is 0 Å². The maximum atomic E-state index is 4.34. The van der Waals surface area contributed by atoms with Crippen LogP contribution in [0, 0.1) is 12.8 Å². The number of piperidine rings is 1. The summed E-state index contributed by atoms with van der Waals surface area (Å²) >= 11 is 1.78. The van der Waals surface area contributed by atoms with E-state index in [2.05, 4.69) is 22.5 Å². The second-order valence-corrected chi connectivity index (χ2v) is 6.94. The molecule has 2 fully saturated rings. The van der Waals surface area contributed by atoms with Gasteiger partial charge in [0, 0.05) is 23.5 Å². The Kier molecular flexibility index (Phi) is 4.51. The number of aromatic nitrogens is 1. The van der Waals surface area contributed by atoms with Crippen LogP contribution in [0.2, 0.25) is 0 Å². The largest absolute Gasteiger partial charge is 0.314 e. The van der Waals surface area contributed by atoms with Gasteiger partial charge < -0.3 is 10.6 Å². The van der Waals surface area contributed by atoms with Crippen molar-refractivity contribution in [2.24, 2.45) is 5.92 Å². The lowest BCUT2D eigenvalue weighted by molar-refractivity contribution is 0.257. The highest BCUT2D eigenvalue weighted by Crippen LogP contribution is 2.32. The van der Waals surface area contributed by atoms with Gasteiger partial charge in [-0.05, 0) is 45.1 Å². The topological polar surface area (TPSA) is 37.0 Å². The van der Waals surface area contributed by atoms with E-state index in [4.69, 9.17) is 0 Å². The van der Waals surface area contributed by atoms with Crippen LogP contribution < -0.4 is 10.6 Å². The van der Waals surface area contributed by atoms with Crippen LogP contribution >= 0.6 is 11.3 Å². The summed E-state index contributed by atoms with van der Waals surface area (Å²) in [4.78, 5) is 5.74. The van der Waals surface area contributed by atoms with E-state index >= 15 is 0 Å². The van der Waals surface area contributed by atoms with Crippen molar-refractivity contribution in [1.29, 1.82) is 0 Å². The van der Waals surface area contributed by atoms with Crippen LogP contribution in [0.5, 0.6) is 0 Å². The molecular weight excluding hydrogens is 254 g/mol. The monoisotopic (exact) mass is 279 g/mol. The summed E-state index contributed by atoms with van der Waals surface area (Å²) in [5.74, 6) is 0.841. The molecule has 1 saturated heterocycles. The molecule has 0 spiro atoms. The van der Waals surface area contributed by atoms with E-state index in [0.29, 0.717) is 6.04 Å². The Morgan fingerprint density at radius 1 is 1.32 bits per heavy atom. The van der Waals surface area contributed by atoms with Gasteiger partial charge in [-0.3, -0.25) is 0 Å². The lowest BCUT2D eigenvalue weighted by Gasteiger charge is -2.33. The van der Waals surface area contributed by atoms with Gasteiger partial charge in [-0.1, -0.05) is 12.8 Å². The number of hydrogen-bond acceptors (Lipinski definition) is 4. The molecule has 4 heteroatoms. The van der Waals surface area contributed by atoms with Gasteiger partial charge in [0.25, 0.3) is 0 Å². The molecule has 106 valence electrons. The minimum absolute atomic E-state index is 0.706. The number of aryl methyl sites for hydroxylation is 1. The van der Waals surface area contributed by atoms with Gasteiger partial charge in [-0.25, -0.2) is 4.98 Å². The lowest BCUT2D eigenvalue weighted by Crippen LogP contribution is -2.46. The molecule has 0 amide bonds. The third-order valence-electron chi connectivity index (χ3n) is 4.80. The van der Waals surface area contributed by atoms with Gasteiger partial charge in [-0.15, -0.1) is 11.3 Å². The average molecular weight is 279 g/mol. The molecule has 3 unspecified atom stereocenters. The van der Waals surface area contributed by atoms with Crippen LogP contribution in [0.15, 0.2) is 5.51 Å².